The smallest absolute Gasteiger partial charge is 0.377 e. The molecule has 148 valence electrons. The lowest BCUT2D eigenvalue weighted by Crippen LogP contribution is -2.16. The summed E-state index contributed by atoms with van der Waals surface area (Å²) >= 11 is 0. The zero-order valence-electron chi connectivity index (χ0n) is 16.4. The second-order valence-corrected chi connectivity index (χ2v) is 8.89. The Morgan fingerprint density at radius 1 is 1.03 bits per heavy atom. The average molecular weight is 406 g/mol. The van der Waals surface area contributed by atoms with Gasteiger partial charge < -0.3 is 15.2 Å². The molecule has 0 saturated heterocycles. The van der Waals surface area contributed by atoms with Gasteiger partial charge in [0, 0.05) is 16.6 Å². The molecule has 0 saturated carbocycles. The molecular weight excluding hydrogens is 383 g/mol. The van der Waals surface area contributed by atoms with Crippen LogP contribution in [-0.2, 0) is 9.09 Å². The number of nitrogen functional groups attached to an aromatic ring is 1. The lowest BCUT2D eigenvalue weighted by Gasteiger charge is -2.17. The molecule has 0 bridgehead atoms. The van der Waals surface area contributed by atoms with E-state index in [4.69, 9.17) is 10.3 Å². The van der Waals surface area contributed by atoms with E-state index in [1.807, 2.05) is 61.5 Å². The summed E-state index contributed by atoms with van der Waals surface area (Å²) in [6, 6.07) is 21.1. The first-order valence-corrected chi connectivity index (χ1v) is 11.2. The lowest BCUT2D eigenvalue weighted by molar-refractivity contribution is 0.192. The van der Waals surface area contributed by atoms with Gasteiger partial charge in [0.15, 0.2) is 5.44 Å². The Hall–Kier alpha value is -2.72. The molecule has 0 radical (unpaired) electrons. The van der Waals surface area contributed by atoms with Crippen LogP contribution in [0.2, 0.25) is 0 Å². The van der Waals surface area contributed by atoms with Crippen molar-refractivity contribution in [1.82, 2.24) is 4.98 Å². The van der Waals surface area contributed by atoms with Crippen molar-refractivity contribution in [2.45, 2.75) is 26.4 Å². The van der Waals surface area contributed by atoms with Crippen LogP contribution in [0.5, 0.6) is 0 Å². The van der Waals surface area contributed by atoms with Gasteiger partial charge >= 0.3 is 7.60 Å². The molecule has 6 heteroatoms. The molecule has 3 N–H and O–H groups in total. The summed E-state index contributed by atoms with van der Waals surface area (Å²) in [6.07, 6.45) is 0.294. The van der Waals surface area contributed by atoms with Crippen LogP contribution in [-0.4, -0.2) is 16.0 Å². The molecule has 0 aliphatic rings. The van der Waals surface area contributed by atoms with Gasteiger partial charge in [-0.15, -0.1) is 0 Å². The number of fused-ring (bicyclic) bond motifs is 2. The molecule has 1 aromatic heterocycles. The molecule has 0 aliphatic heterocycles. The molecule has 5 nitrogen and oxygen atoms in total. The maximum absolute atomic E-state index is 12.8. The van der Waals surface area contributed by atoms with E-state index in [-0.39, 0.29) is 11.5 Å². The maximum atomic E-state index is 12.8. The monoisotopic (exact) mass is 406 g/mol. The molecule has 1 heterocycles. The standard InChI is InChI=1S/C23H23N2O3P/c1-3-15(2)28-29(26,27)22-12-11-17-13-18(24)14-21(23(17)25-22)20-10-6-8-16-7-4-5-9-19(16)20/h4-15H,3,24H2,1-2H3,(H,26,27). The van der Waals surface area contributed by atoms with E-state index in [1.54, 1.807) is 13.0 Å². The van der Waals surface area contributed by atoms with E-state index in [0.717, 1.165) is 27.3 Å². The van der Waals surface area contributed by atoms with Crippen LogP contribution in [0.15, 0.2) is 66.7 Å². The fourth-order valence-corrected chi connectivity index (χ4v) is 4.68. The average Bonchev–Trinajstić information content (AvgIpc) is 2.72. The number of pyridine rings is 1. The van der Waals surface area contributed by atoms with Crippen LogP contribution in [0.3, 0.4) is 0 Å². The first-order chi connectivity index (χ1) is 13.9. The predicted octanol–water partition coefficient (Wildman–Crippen LogP) is 5.26. The zero-order chi connectivity index (χ0) is 20.6. The predicted molar refractivity (Wildman–Crippen MR) is 119 cm³/mol. The van der Waals surface area contributed by atoms with Crippen LogP contribution in [0, 0.1) is 0 Å². The van der Waals surface area contributed by atoms with Crippen molar-refractivity contribution < 1.29 is 14.0 Å². The topological polar surface area (TPSA) is 85.4 Å². The fourth-order valence-electron chi connectivity index (χ4n) is 3.44. The highest BCUT2D eigenvalue weighted by Crippen LogP contribution is 2.43. The number of rotatable bonds is 5. The molecule has 2 unspecified atom stereocenters. The number of benzene rings is 3. The summed E-state index contributed by atoms with van der Waals surface area (Å²) in [7, 11) is -4.04. The first kappa shape index (κ1) is 19.6. The molecule has 3 aromatic carbocycles. The van der Waals surface area contributed by atoms with Crippen molar-refractivity contribution in [2.75, 3.05) is 5.73 Å². The van der Waals surface area contributed by atoms with Gasteiger partial charge in [-0.2, -0.15) is 0 Å². The van der Waals surface area contributed by atoms with E-state index in [0.29, 0.717) is 17.6 Å². The summed E-state index contributed by atoms with van der Waals surface area (Å²) in [5.41, 5.74) is 9.22. The summed E-state index contributed by atoms with van der Waals surface area (Å²) < 4.78 is 18.2. The van der Waals surface area contributed by atoms with Crippen molar-refractivity contribution in [3.05, 3.63) is 66.7 Å². The van der Waals surface area contributed by atoms with Crippen molar-refractivity contribution in [2.24, 2.45) is 0 Å². The molecule has 4 rings (SSSR count). The van der Waals surface area contributed by atoms with E-state index in [9.17, 15) is 9.46 Å². The summed E-state index contributed by atoms with van der Waals surface area (Å²) in [4.78, 5) is 15.0. The van der Waals surface area contributed by atoms with E-state index >= 15 is 0 Å². The van der Waals surface area contributed by atoms with Gasteiger partial charge in [-0.3, -0.25) is 4.57 Å². The molecule has 0 amide bonds. The van der Waals surface area contributed by atoms with E-state index in [2.05, 4.69) is 4.98 Å². The second-order valence-electron chi connectivity index (χ2n) is 7.18. The van der Waals surface area contributed by atoms with E-state index in [1.165, 1.54) is 6.07 Å². The van der Waals surface area contributed by atoms with Gasteiger partial charge in [0.05, 0.1) is 11.6 Å². The zero-order valence-corrected chi connectivity index (χ0v) is 17.3. The van der Waals surface area contributed by atoms with Gasteiger partial charge in [-0.1, -0.05) is 55.5 Å². The number of aromatic nitrogens is 1. The Kier molecular flexibility index (Phi) is 5.13. The Morgan fingerprint density at radius 2 is 1.79 bits per heavy atom. The Labute approximate surface area is 169 Å². The van der Waals surface area contributed by atoms with Crippen LogP contribution >= 0.6 is 7.60 Å². The first-order valence-electron chi connectivity index (χ1n) is 9.59. The number of anilines is 1. The van der Waals surface area contributed by atoms with Gasteiger partial charge in [-0.05, 0) is 47.9 Å². The fraction of sp³-hybridized carbons (Fsp3) is 0.174. The minimum Gasteiger partial charge on any atom is -0.399 e. The number of nitrogens with zero attached hydrogens (tertiary/aromatic N) is 1. The number of hydrogen-bond donors (Lipinski definition) is 2. The molecule has 0 fully saturated rings. The number of hydrogen-bond acceptors (Lipinski definition) is 4. The molecule has 0 spiro atoms. The van der Waals surface area contributed by atoms with Crippen molar-refractivity contribution in [3.63, 3.8) is 0 Å². The summed E-state index contributed by atoms with van der Waals surface area (Å²) in [6.45, 7) is 3.67. The van der Waals surface area contributed by atoms with Crippen molar-refractivity contribution in [3.8, 4) is 11.1 Å². The lowest BCUT2D eigenvalue weighted by atomic mass is 9.96. The van der Waals surface area contributed by atoms with Crippen LogP contribution < -0.4 is 11.2 Å². The quantitative estimate of drug-likeness (QED) is 0.349. The van der Waals surface area contributed by atoms with Gasteiger partial charge in [0.25, 0.3) is 0 Å². The molecular formula is C23H23N2O3P. The highest BCUT2D eigenvalue weighted by atomic mass is 31.2. The molecule has 2 atom stereocenters. The Bertz CT molecular complexity index is 1250. The molecule has 0 aliphatic carbocycles. The van der Waals surface area contributed by atoms with Gasteiger partial charge in [0.2, 0.25) is 0 Å². The van der Waals surface area contributed by atoms with E-state index < -0.39 is 7.60 Å². The SMILES string of the molecule is CCC(C)OP(=O)(O)c1ccc2cc(N)cc(-c3cccc4ccccc34)c2n1. The molecule has 29 heavy (non-hydrogen) atoms. The minimum atomic E-state index is -4.04. The summed E-state index contributed by atoms with van der Waals surface area (Å²) in [5.74, 6) is 0. The van der Waals surface area contributed by atoms with Crippen LogP contribution in [0.1, 0.15) is 20.3 Å². The minimum absolute atomic E-state index is 0.0385. The van der Waals surface area contributed by atoms with Crippen LogP contribution in [0.4, 0.5) is 5.69 Å². The largest absolute Gasteiger partial charge is 0.399 e. The highest BCUT2D eigenvalue weighted by Gasteiger charge is 2.27. The maximum Gasteiger partial charge on any atom is 0.377 e. The third-order valence-corrected chi connectivity index (χ3v) is 6.54. The second kappa shape index (κ2) is 7.60. The summed E-state index contributed by atoms with van der Waals surface area (Å²) in [5, 5.41) is 2.97. The normalized spacial score (nSPS) is 14.7. The third kappa shape index (κ3) is 3.77. The van der Waals surface area contributed by atoms with Crippen molar-refractivity contribution >= 4 is 40.4 Å². The number of nitrogens with two attached hydrogens (primary N) is 1. The Morgan fingerprint density at radius 3 is 2.59 bits per heavy atom. The Balaban J connectivity index is 1.96. The van der Waals surface area contributed by atoms with Crippen molar-refractivity contribution in [1.29, 1.82) is 0 Å². The van der Waals surface area contributed by atoms with Gasteiger partial charge in [-0.25, -0.2) is 4.98 Å². The highest BCUT2D eigenvalue weighted by molar-refractivity contribution is 7.61. The third-order valence-electron chi connectivity index (χ3n) is 5.07. The van der Waals surface area contributed by atoms with Crippen LogP contribution in [0.25, 0.3) is 32.8 Å². The van der Waals surface area contributed by atoms with Gasteiger partial charge in [0.1, 0.15) is 0 Å². The molecule has 4 aromatic rings.